The van der Waals surface area contributed by atoms with Gasteiger partial charge in [-0.2, -0.15) is 0 Å². The number of nitrogens with zero attached hydrogens (tertiary/aromatic N) is 1. The molecule has 74 valence electrons. The number of rotatable bonds is 1. The van der Waals surface area contributed by atoms with Crippen LogP contribution < -0.4 is 0 Å². The Morgan fingerprint density at radius 2 is 1.77 bits per heavy atom. The Bertz CT molecular complexity index is 241. The predicted octanol–water partition coefficient (Wildman–Crippen LogP) is 2.04. The van der Waals surface area contributed by atoms with Crippen molar-refractivity contribution in [2.45, 2.75) is 46.6 Å². The topological polar surface area (TPSA) is 20.3 Å². The number of hydrogen-bond acceptors (Lipinski definition) is 1. The number of amides is 1. The highest BCUT2D eigenvalue weighted by molar-refractivity contribution is 5.79. The molecule has 0 N–H and O–H groups in total. The van der Waals surface area contributed by atoms with Crippen LogP contribution in [0.25, 0.3) is 0 Å². The van der Waals surface area contributed by atoms with Crippen LogP contribution in [0.4, 0.5) is 0 Å². The molecular weight excluding hydrogens is 162 g/mol. The van der Waals surface area contributed by atoms with E-state index in [-0.39, 0.29) is 0 Å². The van der Waals surface area contributed by atoms with Crippen LogP contribution in [0.1, 0.15) is 40.5 Å². The van der Waals surface area contributed by atoms with Gasteiger partial charge in [0.15, 0.2) is 0 Å². The third-order valence-corrected chi connectivity index (χ3v) is 4.37. The molecule has 0 radical (unpaired) electrons. The molecule has 0 aromatic carbocycles. The van der Waals surface area contributed by atoms with E-state index in [1.54, 1.807) is 0 Å². The van der Waals surface area contributed by atoms with Gasteiger partial charge < -0.3 is 4.90 Å². The first-order valence-electron chi connectivity index (χ1n) is 5.18. The standard InChI is InChI=1S/C11H19NO/c1-10(2)9(11(10,3)4)12-7-5-6-8(12)13/h9H,5-7H2,1-4H3. The summed E-state index contributed by atoms with van der Waals surface area (Å²) in [7, 11) is 0. The molecule has 0 unspecified atom stereocenters. The molecule has 1 heterocycles. The van der Waals surface area contributed by atoms with E-state index >= 15 is 0 Å². The molecule has 1 aliphatic carbocycles. The van der Waals surface area contributed by atoms with Crippen molar-refractivity contribution in [3.63, 3.8) is 0 Å². The second-order valence-corrected chi connectivity index (χ2v) is 5.54. The van der Waals surface area contributed by atoms with Crippen molar-refractivity contribution >= 4 is 5.91 Å². The molecule has 1 saturated carbocycles. The van der Waals surface area contributed by atoms with Crippen molar-refractivity contribution in [3.8, 4) is 0 Å². The molecule has 2 rings (SSSR count). The van der Waals surface area contributed by atoms with E-state index in [1.807, 2.05) is 0 Å². The van der Waals surface area contributed by atoms with E-state index in [2.05, 4.69) is 32.6 Å². The molecule has 2 heteroatoms. The third-order valence-electron chi connectivity index (χ3n) is 4.37. The Labute approximate surface area is 80.3 Å². The Morgan fingerprint density at radius 3 is 2.08 bits per heavy atom. The molecule has 0 atom stereocenters. The summed E-state index contributed by atoms with van der Waals surface area (Å²) in [5.41, 5.74) is 0.625. The van der Waals surface area contributed by atoms with E-state index in [1.165, 1.54) is 0 Å². The minimum absolute atomic E-state index is 0.312. The van der Waals surface area contributed by atoms with Crippen molar-refractivity contribution in [2.75, 3.05) is 6.54 Å². The van der Waals surface area contributed by atoms with Crippen molar-refractivity contribution < 1.29 is 4.79 Å². The second kappa shape index (κ2) is 2.28. The van der Waals surface area contributed by atoms with Gasteiger partial charge in [-0.1, -0.05) is 27.7 Å². The molecule has 1 saturated heterocycles. The van der Waals surface area contributed by atoms with E-state index in [0.717, 1.165) is 19.4 Å². The number of carbonyl (C=O) groups excluding carboxylic acids is 1. The lowest BCUT2D eigenvalue weighted by molar-refractivity contribution is -0.128. The van der Waals surface area contributed by atoms with Crippen molar-refractivity contribution in [1.82, 2.24) is 4.90 Å². The van der Waals surface area contributed by atoms with Crippen molar-refractivity contribution in [2.24, 2.45) is 10.8 Å². The molecule has 13 heavy (non-hydrogen) atoms. The summed E-state index contributed by atoms with van der Waals surface area (Å²) < 4.78 is 0. The Morgan fingerprint density at radius 1 is 1.23 bits per heavy atom. The zero-order valence-corrected chi connectivity index (χ0v) is 9.05. The summed E-state index contributed by atoms with van der Waals surface area (Å²) in [5, 5.41) is 0. The summed E-state index contributed by atoms with van der Waals surface area (Å²) in [4.78, 5) is 13.7. The molecule has 0 aromatic rings. The van der Waals surface area contributed by atoms with Gasteiger partial charge in [0.25, 0.3) is 0 Å². The summed E-state index contributed by atoms with van der Waals surface area (Å²) in [6.07, 6.45) is 1.82. The Hall–Kier alpha value is -0.530. The molecule has 0 aromatic heterocycles. The Kier molecular flexibility index (Phi) is 1.59. The average molecular weight is 181 g/mol. The summed E-state index contributed by atoms with van der Waals surface area (Å²) in [5.74, 6) is 0.364. The zero-order chi connectivity index (χ0) is 9.85. The van der Waals surface area contributed by atoms with Gasteiger partial charge in [-0.25, -0.2) is 0 Å². The second-order valence-electron chi connectivity index (χ2n) is 5.54. The maximum absolute atomic E-state index is 11.6. The fourth-order valence-corrected chi connectivity index (χ4v) is 2.88. The Balaban J connectivity index is 2.17. The number of carbonyl (C=O) groups is 1. The molecule has 0 spiro atoms. The highest BCUT2D eigenvalue weighted by Gasteiger charge is 2.68. The molecule has 0 bridgehead atoms. The van der Waals surface area contributed by atoms with Crippen LogP contribution in [0.3, 0.4) is 0 Å². The monoisotopic (exact) mass is 181 g/mol. The molecule has 2 fully saturated rings. The highest BCUT2D eigenvalue weighted by Crippen LogP contribution is 2.65. The first-order chi connectivity index (χ1) is 5.89. The SMILES string of the molecule is CC1(C)C(N2CCCC2=O)C1(C)C. The zero-order valence-electron chi connectivity index (χ0n) is 9.05. The number of likely N-dealkylation sites (tertiary alicyclic amines) is 1. The van der Waals surface area contributed by atoms with E-state index < -0.39 is 0 Å². The average Bonchev–Trinajstić information content (AvgIpc) is 2.33. The van der Waals surface area contributed by atoms with Crippen molar-refractivity contribution in [1.29, 1.82) is 0 Å². The van der Waals surface area contributed by atoms with Crippen LogP contribution >= 0.6 is 0 Å². The van der Waals surface area contributed by atoms with Gasteiger partial charge >= 0.3 is 0 Å². The molecular formula is C11H19NO. The third kappa shape index (κ3) is 0.976. The van der Waals surface area contributed by atoms with Crippen LogP contribution in [-0.2, 0) is 4.79 Å². The molecule has 1 aliphatic heterocycles. The van der Waals surface area contributed by atoms with E-state index in [0.29, 0.717) is 22.8 Å². The lowest BCUT2D eigenvalue weighted by Gasteiger charge is -2.18. The maximum atomic E-state index is 11.6. The van der Waals surface area contributed by atoms with E-state index in [9.17, 15) is 4.79 Å². The predicted molar refractivity (Wildman–Crippen MR) is 52.3 cm³/mol. The smallest absolute Gasteiger partial charge is 0.222 e. The summed E-state index contributed by atoms with van der Waals surface area (Å²) >= 11 is 0. The molecule has 2 aliphatic rings. The minimum atomic E-state index is 0.312. The highest BCUT2D eigenvalue weighted by atomic mass is 16.2. The largest absolute Gasteiger partial charge is 0.339 e. The summed E-state index contributed by atoms with van der Waals surface area (Å²) in [6, 6.07) is 0.481. The van der Waals surface area contributed by atoms with Crippen LogP contribution in [0.5, 0.6) is 0 Å². The minimum Gasteiger partial charge on any atom is -0.339 e. The quantitative estimate of drug-likeness (QED) is 0.606. The fourth-order valence-electron chi connectivity index (χ4n) is 2.88. The van der Waals surface area contributed by atoms with Gasteiger partial charge in [-0.05, 0) is 17.3 Å². The van der Waals surface area contributed by atoms with Gasteiger partial charge in [-0.15, -0.1) is 0 Å². The maximum Gasteiger partial charge on any atom is 0.222 e. The van der Waals surface area contributed by atoms with Gasteiger partial charge in [0.05, 0.1) is 0 Å². The first-order valence-corrected chi connectivity index (χ1v) is 5.18. The lowest BCUT2D eigenvalue weighted by Crippen LogP contribution is -2.31. The first kappa shape index (κ1) is 9.04. The summed E-state index contributed by atoms with van der Waals surface area (Å²) in [6.45, 7) is 10.1. The van der Waals surface area contributed by atoms with Gasteiger partial charge in [-0.3, -0.25) is 4.79 Å². The van der Waals surface area contributed by atoms with Crippen LogP contribution in [0.2, 0.25) is 0 Å². The van der Waals surface area contributed by atoms with Gasteiger partial charge in [0, 0.05) is 19.0 Å². The number of hydrogen-bond donors (Lipinski definition) is 0. The van der Waals surface area contributed by atoms with Crippen LogP contribution in [0.15, 0.2) is 0 Å². The fraction of sp³-hybridized carbons (Fsp3) is 0.909. The lowest BCUT2D eigenvalue weighted by atomic mass is 10.0. The van der Waals surface area contributed by atoms with Gasteiger partial charge in [0.1, 0.15) is 0 Å². The van der Waals surface area contributed by atoms with Crippen LogP contribution in [0, 0.1) is 10.8 Å². The normalized spacial score (nSPS) is 31.1. The van der Waals surface area contributed by atoms with Crippen molar-refractivity contribution in [3.05, 3.63) is 0 Å². The molecule has 2 nitrogen and oxygen atoms in total. The van der Waals surface area contributed by atoms with Crippen LogP contribution in [-0.4, -0.2) is 23.4 Å². The molecule has 1 amide bonds. The van der Waals surface area contributed by atoms with E-state index in [4.69, 9.17) is 0 Å². The van der Waals surface area contributed by atoms with Gasteiger partial charge in [0.2, 0.25) is 5.91 Å².